The number of aliphatic hydroxyl groups excluding tert-OH is 1. The van der Waals surface area contributed by atoms with Crippen LogP contribution in [0.25, 0.3) is 0 Å². The summed E-state index contributed by atoms with van der Waals surface area (Å²) in [7, 11) is 0. The predicted molar refractivity (Wildman–Crippen MR) is 243 cm³/mol. The van der Waals surface area contributed by atoms with E-state index in [2.05, 4.69) is 58.2 Å². The molecule has 5 nitrogen and oxygen atoms in total. The van der Waals surface area contributed by atoms with Crippen molar-refractivity contribution < 1.29 is 24.1 Å². The number of aliphatic hydroxyl groups is 1. The van der Waals surface area contributed by atoms with Crippen molar-refractivity contribution in [2.24, 2.45) is 0 Å². The lowest BCUT2D eigenvalue weighted by molar-refractivity contribution is 0.171. The van der Waals surface area contributed by atoms with E-state index in [4.69, 9.17) is 18.9 Å². The first-order valence-corrected chi connectivity index (χ1v) is 20.5. The predicted octanol–water partition coefficient (Wildman–Crippen LogP) is 13.3. The Kier molecular flexibility index (Phi) is 16.6. The summed E-state index contributed by atoms with van der Waals surface area (Å²) in [4.78, 5) is 0. The standard InChI is InChI=1S/C27H30O3.C27H30O2/c1-5-12-24(28)25-21(4)26(29-17-22-13-8-6-9-14-22)19(2)20(3)27(25)30-18-23-15-10-7-11-16-23;1-5-6-17-25-22(4)26(28-18-23-13-9-7-10-14-23)20(2)21(3)27(25)29-19-24-15-11-8-12-16-24/h5-11,13-16,24,28H,1,12,17-18H2,2-4H3;5,7-16H,1,6,17-19H2,2-4H3. The fourth-order valence-corrected chi connectivity index (χ4v) is 7.23. The highest BCUT2D eigenvalue weighted by atomic mass is 16.5. The van der Waals surface area contributed by atoms with Crippen LogP contribution < -0.4 is 18.9 Å². The normalized spacial score (nSPS) is 11.2. The quantitative estimate of drug-likeness (QED) is 0.0879. The smallest absolute Gasteiger partial charge is 0.129 e. The molecule has 5 heteroatoms. The lowest BCUT2D eigenvalue weighted by atomic mass is 9.92. The van der Waals surface area contributed by atoms with Crippen LogP contribution >= 0.6 is 0 Å². The van der Waals surface area contributed by atoms with Crippen molar-refractivity contribution >= 4 is 0 Å². The Morgan fingerprint density at radius 2 is 0.780 bits per heavy atom. The van der Waals surface area contributed by atoms with Crippen molar-refractivity contribution in [2.75, 3.05) is 0 Å². The molecule has 6 rings (SSSR count). The van der Waals surface area contributed by atoms with E-state index in [-0.39, 0.29) is 0 Å². The molecular formula is C54H60O5. The van der Waals surface area contributed by atoms with Gasteiger partial charge in [-0.25, -0.2) is 0 Å². The van der Waals surface area contributed by atoms with Crippen LogP contribution in [0.15, 0.2) is 147 Å². The molecule has 59 heavy (non-hydrogen) atoms. The minimum atomic E-state index is -0.702. The summed E-state index contributed by atoms with van der Waals surface area (Å²) < 4.78 is 25.1. The molecule has 0 amide bonds. The zero-order valence-electron chi connectivity index (χ0n) is 35.7. The molecule has 6 aromatic carbocycles. The lowest BCUT2D eigenvalue weighted by Gasteiger charge is -2.25. The first kappa shape index (κ1) is 44.1. The lowest BCUT2D eigenvalue weighted by Crippen LogP contribution is -2.10. The van der Waals surface area contributed by atoms with Gasteiger partial charge in [0, 0.05) is 16.7 Å². The maximum atomic E-state index is 10.9. The molecular weight excluding hydrogens is 729 g/mol. The van der Waals surface area contributed by atoms with Gasteiger partial charge in [0.1, 0.15) is 49.4 Å². The molecule has 0 heterocycles. The van der Waals surface area contributed by atoms with Gasteiger partial charge >= 0.3 is 0 Å². The Balaban J connectivity index is 0.000000224. The third-order valence-electron chi connectivity index (χ3n) is 10.8. The summed E-state index contributed by atoms with van der Waals surface area (Å²) in [5.74, 6) is 3.49. The number of allylic oxidation sites excluding steroid dienone is 1. The van der Waals surface area contributed by atoms with E-state index in [9.17, 15) is 5.11 Å². The van der Waals surface area contributed by atoms with E-state index in [0.717, 1.165) is 85.9 Å². The first-order chi connectivity index (χ1) is 28.6. The molecule has 6 aromatic rings. The largest absolute Gasteiger partial charge is 0.488 e. The fraction of sp³-hybridized carbons (Fsp3) is 0.259. The second-order valence-electron chi connectivity index (χ2n) is 14.9. The minimum Gasteiger partial charge on any atom is -0.488 e. The van der Waals surface area contributed by atoms with Gasteiger partial charge in [-0.2, -0.15) is 0 Å². The first-order valence-electron chi connectivity index (χ1n) is 20.5. The Hall–Kier alpha value is -6.04. The van der Waals surface area contributed by atoms with Gasteiger partial charge in [0.05, 0.1) is 6.10 Å². The van der Waals surface area contributed by atoms with Crippen molar-refractivity contribution in [3.8, 4) is 23.0 Å². The average Bonchev–Trinajstić information content (AvgIpc) is 3.26. The maximum Gasteiger partial charge on any atom is 0.129 e. The van der Waals surface area contributed by atoms with E-state index in [0.29, 0.717) is 32.8 Å². The molecule has 0 aliphatic carbocycles. The Morgan fingerprint density at radius 3 is 1.17 bits per heavy atom. The van der Waals surface area contributed by atoms with Crippen LogP contribution in [0.5, 0.6) is 23.0 Å². The summed E-state index contributed by atoms with van der Waals surface area (Å²) in [6.07, 6.45) is 5.23. The van der Waals surface area contributed by atoms with Crippen molar-refractivity contribution in [3.63, 3.8) is 0 Å². The molecule has 0 bridgehead atoms. The molecule has 0 aliphatic heterocycles. The van der Waals surface area contributed by atoms with E-state index in [1.165, 1.54) is 16.7 Å². The average molecular weight is 789 g/mol. The minimum absolute atomic E-state index is 0.443. The second kappa shape index (κ2) is 22.2. The SMILES string of the molecule is C=CCC(O)c1c(C)c(OCc2ccccc2)c(C)c(C)c1OCc1ccccc1.C=CCCc1c(C)c(OCc2ccccc2)c(C)c(C)c1OCc1ccccc1. The number of hydrogen-bond acceptors (Lipinski definition) is 5. The molecule has 306 valence electrons. The summed E-state index contributed by atoms with van der Waals surface area (Å²) in [5, 5.41) is 10.9. The third kappa shape index (κ3) is 11.8. The molecule has 1 atom stereocenters. The van der Waals surface area contributed by atoms with Gasteiger partial charge in [0.2, 0.25) is 0 Å². The van der Waals surface area contributed by atoms with Gasteiger partial charge < -0.3 is 24.1 Å². The van der Waals surface area contributed by atoms with Crippen LogP contribution in [0.1, 0.15) is 85.7 Å². The van der Waals surface area contributed by atoms with Crippen molar-refractivity contribution in [1.82, 2.24) is 0 Å². The molecule has 0 radical (unpaired) electrons. The topological polar surface area (TPSA) is 57.2 Å². The van der Waals surface area contributed by atoms with Gasteiger partial charge in [-0.15, -0.1) is 13.2 Å². The Morgan fingerprint density at radius 1 is 0.441 bits per heavy atom. The molecule has 1 N–H and O–H groups in total. The fourth-order valence-electron chi connectivity index (χ4n) is 7.23. The van der Waals surface area contributed by atoms with Crippen LogP contribution in [-0.2, 0) is 32.8 Å². The van der Waals surface area contributed by atoms with Crippen molar-refractivity contribution in [1.29, 1.82) is 0 Å². The number of benzene rings is 6. The van der Waals surface area contributed by atoms with Crippen LogP contribution in [0, 0.1) is 41.5 Å². The highest BCUT2D eigenvalue weighted by molar-refractivity contribution is 5.60. The van der Waals surface area contributed by atoms with E-state index >= 15 is 0 Å². The summed E-state index contributed by atoms with van der Waals surface area (Å²) in [5.41, 5.74) is 12.9. The van der Waals surface area contributed by atoms with Crippen LogP contribution in [-0.4, -0.2) is 5.11 Å². The third-order valence-corrected chi connectivity index (χ3v) is 10.8. The number of ether oxygens (including phenoxy) is 4. The van der Waals surface area contributed by atoms with Crippen LogP contribution in [0.4, 0.5) is 0 Å². The molecule has 0 saturated heterocycles. The zero-order valence-corrected chi connectivity index (χ0v) is 35.7. The monoisotopic (exact) mass is 788 g/mol. The highest BCUT2D eigenvalue weighted by Gasteiger charge is 2.25. The van der Waals surface area contributed by atoms with Gasteiger partial charge in [0.15, 0.2) is 0 Å². The van der Waals surface area contributed by atoms with E-state index in [1.807, 2.05) is 124 Å². The molecule has 1 unspecified atom stereocenters. The second-order valence-corrected chi connectivity index (χ2v) is 14.9. The van der Waals surface area contributed by atoms with Crippen LogP contribution in [0.2, 0.25) is 0 Å². The zero-order chi connectivity index (χ0) is 42.1. The highest BCUT2D eigenvalue weighted by Crippen LogP contribution is 2.43. The summed E-state index contributed by atoms with van der Waals surface area (Å²) in [6.45, 7) is 22.2. The molecule has 0 fully saturated rings. The van der Waals surface area contributed by atoms with Crippen molar-refractivity contribution in [3.05, 3.63) is 213 Å². The van der Waals surface area contributed by atoms with Gasteiger partial charge in [-0.3, -0.25) is 0 Å². The Bertz CT molecular complexity index is 2250. The molecule has 0 spiro atoms. The number of hydrogen-bond donors (Lipinski definition) is 1. The summed E-state index contributed by atoms with van der Waals surface area (Å²) >= 11 is 0. The maximum absolute atomic E-state index is 10.9. The molecule has 0 aliphatic rings. The van der Waals surface area contributed by atoms with E-state index < -0.39 is 6.10 Å². The van der Waals surface area contributed by atoms with Crippen LogP contribution in [0.3, 0.4) is 0 Å². The van der Waals surface area contributed by atoms with E-state index in [1.54, 1.807) is 6.08 Å². The molecule has 0 saturated carbocycles. The van der Waals surface area contributed by atoms with Gasteiger partial charge in [-0.05, 0) is 111 Å². The van der Waals surface area contributed by atoms with Gasteiger partial charge in [-0.1, -0.05) is 133 Å². The summed E-state index contributed by atoms with van der Waals surface area (Å²) in [6, 6.07) is 40.7. The number of rotatable bonds is 18. The Labute approximate surface area is 352 Å². The van der Waals surface area contributed by atoms with Crippen molar-refractivity contribution in [2.45, 2.75) is 93.3 Å². The van der Waals surface area contributed by atoms with Gasteiger partial charge in [0.25, 0.3) is 0 Å². The molecule has 0 aromatic heterocycles.